The van der Waals surface area contributed by atoms with Crippen molar-refractivity contribution in [3.05, 3.63) is 90.0 Å². The van der Waals surface area contributed by atoms with E-state index in [9.17, 15) is 19.2 Å². The van der Waals surface area contributed by atoms with Gasteiger partial charge in [-0.3, -0.25) is 14.4 Å². The second kappa shape index (κ2) is 13.6. The molecule has 0 aromatic heterocycles. The van der Waals surface area contributed by atoms with Crippen molar-refractivity contribution < 1.29 is 28.7 Å². The number of rotatable bonds is 12. The van der Waals surface area contributed by atoms with E-state index in [-0.39, 0.29) is 31.1 Å². The number of anilines is 1. The van der Waals surface area contributed by atoms with Crippen molar-refractivity contribution in [3.8, 4) is 11.1 Å². The highest BCUT2D eigenvalue weighted by Gasteiger charge is 2.13. The number of carbonyl (C=O) groups is 4. The minimum absolute atomic E-state index is 0.0976. The van der Waals surface area contributed by atoms with Crippen LogP contribution in [-0.2, 0) is 19.1 Å². The Balaban J connectivity index is 1.38. The van der Waals surface area contributed by atoms with Gasteiger partial charge in [0, 0.05) is 17.7 Å². The third kappa shape index (κ3) is 8.20. The fourth-order valence-corrected chi connectivity index (χ4v) is 3.30. The molecule has 1 N–H and O–H groups in total. The van der Waals surface area contributed by atoms with Gasteiger partial charge in [0.15, 0.2) is 12.4 Å². The molecule has 0 spiro atoms. The summed E-state index contributed by atoms with van der Waals surface area (Å²) in [5, 5.41) is 2.66. The maximum Gasteiger partial charge on any atom is 0.338 e. The second-order valence-corrected chi connectivity index (χ2v) is 8.14. The van der Waals surface area contributed by atoms with Crippen molar-refractivity contribution in [2.45, 2.75) is 32.6 Å². The van der Waals surface area contributed by atoms with Crippen LogP contribution in [0.4, 0.5) is 5.69 Å². The second-order valence-electron chi connectivity index (χ2n) is 8.14. The van der Waals surface area contributed by atoms with Crippen molar-refractivity contribution >= 4 is 29.3 Å². The van der Waals surface area contributed by atoms with Gasteiger partial charge in [-0.25, -0.2) is 4.79 Å². The highest BCUT2D eigenvalue weighted by Crippen LogP contribution is 2.19. The van der Waals surface area contributed by atoms with Crippen molar-refractivity contribution in [3.63, 3.8) is 0 Å². The molecule has 0 fully saturated rings. The summed E-state index contributed by atoms with van der Waals surface area (Å²) >= 11 is 0. The van der Waals surface area contributed by atoms with Crippen LogP contribution >= 0.6 is 0 Å². The Morgan fingerprint density at radius 2 is 1.36 bits per heavy atom. The molecule has 36 heavy (non-hydrogen) atoms. The lowest BCUT2D eigenvalue weighted by Crippen LogP contribution is -2.17. The van der Waals surface area contributed by atoms with Gasteiger partial charge in [0.2, 0.25) is 5.91 Å². The lowest BCUT2D eigenvalue weighted by Gasteiger charge is -2.08. The summed E-state index contributed by atoms with van der Waals surface area (Å²) in [4.78, 5) is 48.4. The predicted molar refractivity (Wildman–Crippen MR) is 137 cm³/mol. The minimum atomic E-state index is -0.635. The van der Waals surface area contributed by atoms with Gasteiger partial charge in [-0.2, -0.15) is 0 Å². The molecule has 0 heterocycles. The fourth-order valence-electron chi connectivity index (χ4n) is 3.30. The van der Waals surface area contributed by atoms with Crippen molar-refractivity contribution in [2.75, 3.05) is 18.5 Å². The lowest BCUT2D eigenvalue weighted by molar-refractivity contribution is -0.143. The van der Waals surface area contributed by atoms with E-state index >= 15 is 0 Å². The molecule has 0 unspecified atom stereocenters. The Morgan fingerprint density at radius 3 is 2.03 bits per heavy atom. The number of amides is 1. The van der Waals surface area contributed by atoms with Crippen LogP contribution < -0.4 is 5.32 Å². The molecule has 0 saturated carbocycles. The number of benzene rings is 3. The Kier molecular flexibility index (Phi) is 9.94. The summed E-state index contributed by atoms with van der Waals surface area (Å²) in [6.07, 6.45) is 1.48. The van der Waals surface area contributed by atoms with Gasteiger partial charge in [-0.05, 0) is 41.8 Å². The average Bonchev–Trinajstić information content (AvgIpc) is 2.91. The molecule has 0 bridgehead atoms. The first-order valence-electron chi connectivity index (χ1n) is 11.9. The minimum Gasteiger partial charge on any atom is -0.462 e. The van der Waals surface area contributed by atoms with Crippen LogP contribution in [0, 0.1) is 0 Å². The van der Waals surface area contributed by atoms with E-state index in [1.165, 1.54) is 0 Å². The van der Waals surface area contributed by atoms with Gasteiger partial charge >= 0.3 is 11.9 Å². The largest absolute Gasteiger partial charge is 0.462 e. The van der Waals surface area contributed by atoms with Crippen LogP contribution in [0.1, 0.15) is 53.3 Å². The standard InChI is InChI=1S/C29H29NO6/c1-2-3-19-35-29(34)24-13-15-25(16-14-24)30-27(32)17-18-28(33)36-20-26(31)23-11-9-22(10-12-23)21-7-5-4-6-8-21/h4-16H,2-3,17-20H2,1H3,(H,30,32). The van der Waals surface area contributed by atoms with Crippen LogP contribution in [0.15, 0.2) is 78.9 Å². The first-order valence-corrected chi connectivity index (χ1v) is 11.9. The maximum absolute atomic E-state index is 12.3. The van der Waals surface area contributed by atoms with Crippen LogP contribution in [0.25, 0.3) is 11.1 Å². The number of hydrogen-bond acceptors (Lipinski definition) is 6. The van der Waals surface area contributed by atoms with Gasteiger partial charge in [0.25, 0.3) is 0 Å². The summed E-state index contributed by atoms with van der Waals surface area (Å²) in [5.41, 5.74) is 3.36. The summed E-state index contributed by atoms with van der Waals surface area (Å²) in [7, 11) is 0. The van der Waals surface area contributed by atoms with Gasteiger partial charge in [0.1, 0.15) is 0 Å². The molecular formula is C29H29NO6. The van der Waals surface area contributed by atoms with Crippen molar-refractivity contribution in [2.24, 2.45) is 0 Å². The van der Waals surface area contributed by atoms with E-state index in [4.69, 9.17) is 9.47 Å². The number of hydrogen-bond donors (Lipinski definition) is 1. The van der Waals surface area contributed by atoms with E-state index in [1.807, 2.05) is 49.4 Å². The first kappa shape index (κ1) is 26.3. The molecule has 0 atom stereocenters. The Morgan fingerprint density at radius 1 is 0.722 bits per heavy atom. The van der Waals surface area contributed by atoms with Gasteiger partial charge in [-0.1, -0.05) is 67.9 Å². The number of carbonyl (C=O) groups excluding carboxylic acids is 4. The molecule has 7 nitrogen and oxygen atoms in total. The third-order valence-corrected chi connectivity index (χ3v) is 5.37. The van der Waals surface area contributed by atoms with Gasteiger partial charge in [0.05, 0.1) is 18.6 Å². The number of ketones is 1. The molecule has 3 aromatic carbocycles. The number of nitrogens with one attached hydrogen (secondary N) is 1. The van der Waals surface area contributed by atoms with Crippen LogP contribution in [0.3, 0.4) is 0 Å². The molecule has 0 aliphatic heterocycles. The quantitative estimate of drug-likeness (QED) is 0.207. The number of Topliss-reactive ketones (excluding diaryl/α,β-unsaturated/α-hetero) is 1. The summed E-state index contributed by atoms with van der Waals surface area (Å²) in [6, 6.07) is 23.2. The third-order valence-electron chi connectivity index (χ3n) is 5.37. The van der Waals surface area contributed by atoms with E-state index < -0.39 is 11.9 Å². The molecule has 3 rings (SSSR count). The normalized spacial score (nSPS) is 10.4. The molecular weight excluding hydrogens is 458 g/mol. The van der Waals surface area contributed by atoms with E-state index in [1.54, 1.807) is 36.4 Å². The summed E-state index contributed by atoms with van der Waals surface area (Å²) < 4.78 is 10.2. The zero-order chi connectivity index (χ0) is 25.8. The predicted octanol–water partition coefficient (Wildman–Crippen LogP) is 5.46. The Hall–Kier alpha value is -4.26. The lowest BCUT2D eigenvalue weighted by atomic mass is 10.0. The number of ether oxygens (including phenoxy) is 2. The van der Waals surface area contributed by atoms with Crippen molar-refractivity contribution in [1.29, 1.82) is 0 Å². The monoisotopic (exact) mass is 487 g/mol. The molecule has 3 aromatic rings. The SMILES string of the molecule is CCCCOC(=O)c1ccc(NC(=O)CCC(=O)OCC(=O)c2ccc(-c3ccccc3)cc2)cc1. The maximum atomic E-state index is 12.3. The first-order chi connectivity index (χ1) is 17.5. The van der Waals surface area contributed by atoms with E-state index in [0.717, 1.165) is 24.0 Å². The molecule has 7 heteroatoms. The van der Waals surface area contributed by atoms with Crippen molar-refractivity contribution in [1.82, 2.24) is 0 Å². The van der Waals surface area contributed by atoms with Crippen LogP contribution in [0.5, 0.6) is 0 Å². The fraction of sp³-hybridized carbons (Fsp3) is 0.241. The number of esters is 2. The highest BCUT2D eigenvalue weighted by molar-refractivity contribution is 5.98. The topological polar surface area (TPSA) is 98.8 Å². The smallest absolute Gasteiger partial charge is 0.338 e. The Labute approximate surface area is 210 Å². The average molecular weight is 488 g/mol. The van der Waals surface area contributed by atoms with Crippen LogP contribution in [0.2, 0.25) is 0 Å². The summed E-state index contributed by atoms with van der Waals surface area (Å²) in [6.45, 7) is 1.99. The molecule has 0 aliphatic carbocycles. The molecule has 1 amide bonds. The van der Waals surface area contributed by atoms with Crippen LogP contribution in [-0.4, -0.2) is 36.8 Å². The molecule has 0 radical (unpaired) electrons. The summed E-state index contributed by atoms with van der Waals surface area (Å²) in [5.74, 6) is -1.75. The number of unbranched alkanes of at least 4 members (excludes halogenated alkanes) is 1. The highest BCUT2D eigenvalue weighted by atomic mass is 16.5. The van der Waals surface area contributed by atoms with E-state index in [2.05, 4.69) is 5.32 Å². The van der Waals surface area contributed by atoms with E-state index in [0.29, 0.717) is 23.4 Å². The zero-order valence-electron chi connectivity index (χ0n) is 20.2. The molecule has 186 valence electrons. The van der Waals surface area contributed by atoms with Gasteiger partial charge in [-0.15, -0.1) is 0 Å². The zero-order valence-corrected chi connectivity index (χ0v) is 20.2. The molecule has 0 saturated heterocycles. The molecule has 0 aliphatic rings. The Bertz CT molecular complexity index is 1170. The van der Waals surface area contributed by atoms with Gasteiger partial charge < -0.3 is 14.8 Å².